The van der Waals surface area contributed by atoms with Crippen molar-refractivity contribution in [3.05, 3.63) is 12.2 Å². The summed E-state index contributed by atoms with van der Waals surface area (Å²) in [5.41, 5.74) is 0. The van der Waals surface area contributed by atoms with Crippen molar-refractivity contribution in [1.29, 1.82) is 0 Å². The molecule has 0 unspecified atom stereocenters. The van der Waals surface area contributed by atoms with Gasteiger partial charge in [-0.3, -0.25) is 10.1 Å². The molecule has 2 aliphatic rings. The van der Waals surface area contributed by atoms with E-state index in [1.165, 1.54) is 7.11 Å². The minimum atomic E-state index is -0.258. The summed E-state index contributed by atoms with van der Waals surface area (Å²) in [6.45, 7) is 2.15. The average Bonchev–Trinajstić information content (AvgIpc) is 3.23. The number of ether oxygens (including phenoxy) is 1. The number of methoxy groups -OCH3 is 1. The molecule has 0 aromatic rings. The van der Waals surface area contributed by atoms with Gasteiger partial charge >= 0.3 is 5.97 Å². The summed E-state index contributed by atoms with van der Waals surface area (Å²) in [6.07, 6.45) is 12.4. The smallest absolute Gasteiger partial charge is 0.305 e. The molecule has 1 heterocycles. The molecule has 0 aromatic carbocycles. The number of hydrogen-bond donors (Lipinski definition) is 1. The maximum absolute atomic E-state index is 11.2. The third kappa shape index (κ3) is 6.06. The molecule has 144 valence electrons. The summed E-state index contributed by atoms with van der Waals surface area (Å²) in [4.78, 5) is 26.6. The molecule has 0 radical (unpaired) electrons. The third-order valence-electron chi connectivity index (χ3n) is 5.34. The van der Waals surface area contributed by atoms with Crippen LogP contribution in [-0.4, -0.2) is 36.6 Å². The molecule has 1 saturated carbocycles. The summed E-state index contributed by atoms with van der Waals surface area (Å²) < 4.78 is 4.68. The van der Waals surface area contributed by atoms with E-state index in [0.717, 1.165) is 51.4 Å². The predicted octanol–water partition coefficient (Wildman–Crippen LogP) is 4.05. The van der Waals surface area contributed by atoms with Crippen LogP contribution in [0.5, 0.6) is 0 Å². The molecule has 5 atom stereocenters. The van der Waals surface area contributed by atoms with E-state index in [4.69, 9.17) is 15.0 Å². The highest BCUT2D eigenvalue weighted by atomic mass is 17.2. The largest absolute Gasteiger partial charge is 0.469 e. The second-order valence-electron chi connectivity index (χ2n) is 7.09. The van der Waals surface area contributed by atoms with E-state index in [1.54, 1.807) is 0 Å². The Labute approximate surface area is 150 Å². The Morgan fingerprint density at radius 3 is 2.76 bits per heavy atom. The second-order valence-corrected chi connectivity index (χ2v) is 7.09. The molecule has 0 aromatic heterocycles. The molecule has 6 heteroatoms. The molecular weight excluding hydrogens is 324 g/mol. The normalized spacial score (nSPS) is 29.4. The van der Waals surface area contributed by atoms with Crippen LogP contribution in [0.25, 0.3) is 0 Å². The molecule has 0 spiro atoms. The lowest BCUT2D eigenvalue weighted by molar-refractivity contribution is -0.337. The van der Waals surface area contributed by atoms with Gasteiger partial charge in [-0.15, -0.1) is 0 Å². The Balaban J connectivity index is 1.82. The first kappa shape index (κ1) is 20.4. The van der Waals surface area contributed by atoms with Crippen LogP contribution >= 0.6 is 0 Å². The first-order chi connectivity index (χ1) is 12.2. The minimum absolute atomic E-state index is 0.0850. The number of hydrogen-bond acceptors (Lipinski definition) is 6. The molecule has 25 heavy (non-hydrogen) atoms. The van der Waals surface area contributed by atoms with Crippen molar-refractivity contribution in [3.63, 3.8) is 0 Å². The van der Waals surface area contributed by atoms with Gasteiger partial charge < -0.3 is 4.74 Å². The summed E-state index contributed by atoms with van der Waals surface area (Å²) >= 11 is 0. The molecular formula is C19H32O6. The summed E-state index contributed by atoms with van der Waals surface area (Å²) in [5, 5.41) is 9.09. The van der Waals surface area contributed by atoms with Gasteiger partial charge in [0.15, 0.2) is 0 Å². The summed E-state index contributed by atoms with van der Waals surface area (Å²) in [6, 6.07) is 0. The van der Waals surface area contributed by atoms with Gasteiger partial charge in [0, 0.05) is 18.8 Å². The van der Waals surface area contributed by atoms with Gasteiger partial charge in [-0.2, -0.15) is 0 Å². The van der Waals surface area contributed by atoms with Crippen LogP contribution < -0.4 is 0 Å². The van der Waals surface area contributed by atoms with Crippen molar-refractivity contribution in [2.45, 2.75) is 83.0 Å². The predicted molar refractivity (Wildman–Crippen MR) is 92.6 cm³/mol. The number of carbonyl (C=O) groups excluding carboxylic acids is 1. The maximum Gasteiger partial charge on any atom is 0.305 e. The Morgan fingerprint density at radius 2 is 2.04 bits per heavy atom. The topological polar surface area (TPSA) is 74.2 Å². The quantitative estimate of drug-likeness (QED) is 0.187. The van der Waals surface area contributed by atoms with E-state index >= 15 is 0 Å². The minimum Gasteiger partial charge on any atom is -0.469 e. The molecule has 0 amide bonds. The monoisotopic (exact) mass is 356 g/mol. The highest BCUT2D eigenvalue weighted by molar-refractivity contribution is 5.68. The standard InChI is InChI=1S/C19H32O6/c1-3-4-5-8-14(23-21)11-12-16-15(17-13-18(16)25-24-17)9-6-7-10-19(20)22-2/h11-12,14-18,21H,3-10,13H2,1-2H3/b12-11+/t14-,15+,16-,17-,18+/m0/s1. The van der Waals surface area contributed by atoms with Crippen LogP contribution in [-0.2, 0) is 24.2 Å². The van der Waals surface area contributed by atoms with Crippen LogP contribution in [0.2, 0.25) is 0 Å². The van der Waals surface area contributed by atoms with Crippen LogP contribution in [0.1, 0.15) is 64.7 Å². The fourth-order valence-corrected chi connectivity index (χ4v) is 3.87. The van der Waals surface area contributed by atoms with Crippen molar-refractivity contribution in [3.8, 4) is 0 Å². The third-order valence-corrected chi connectivity index (χ3v) is 5.34. The lowest BCUT2D eigenvalue weighted by Gasteiger charge is -2.28. The van der Waals surface area contributed by atoms with E-state index in [1.807, 2.05) is 6.08 Å². The van der Waals surface area contributed by atoms with E-state index in [2.05, 4.69) is 22.6 Å². The van der Waals surface area contributed by atoms with Gasteiger partial charge in [0.2, 0.25) is 0 Å². The fraction of sp³-hybridized carbons (Fsp3) is 0.842. The summed E-state index contributed by atoms with van der Waals surface area (Å²) in [7, 11) is 1.42. The number of fused-ring (bicyclic) bond motifs is 2. The lowest BCUT2D eigenvalue weighted by atomic mass is 9.87. The zero-order valence-corrected chi connectivity index (χ0v) is 15.4. The van der Waals surface area contributed by atoms with Gasteiger partial charge in [0.05, 0.1) is 13.2 Å². The van der Waals surface area contributed by atoms with Crippen LogP contribution in [0.15, 0.2) is 12.2 Å². The van der Waals surface area contributed by atoms with Gasteiger partial charge in [0.1, 0.15) is 12.2 Å². The van der Waals surface area contributed by atoms with Crippen LogP contribution in [0.4, 0.5) is 0 Å². The maximum atomic E-state index is 11.2. The zero-order chi connectivity index (χ0) is 18.1. The molecule has 2 bridgehead atoms. The van der Waals surface area contributed by atoms with Gasteiger partial charge in [-0.05, 0) is 25.2 Å². The van der Waals surface area contributed by atoms with Gasteiger partial charge in [-0.1, -0.05) is 44.8 Å². The van der Waals surface area contributed by atoms with Crippen molar-refractivity contribution >= 4 is 5.97 Å². The average molecular weight is 356 g/mol. The molecule has 1 N–H and O–H groups in total. The molecule has 2 fully saturated rings. The summed E-state index contributed by atoms with van der Waals surface area (Å²) in [5.74, 6) is 0.516. The van der Waals surface area contributed by atoms with E-state index < -0.39 is 0 Å². The Bertz CT molecular complexity index is 424. The number of esters is 1. The van der Waals surface area contributed by atoms with E-state index in [0.29, 0.717) is 12.3 Å². The number of rotatable bonds is 12. The SMILES string of the molecule is CCCCC[C@@H](/C=C/[C@H]1[C@@H](CCCCC(=O)OC)[C@@H]2C[C@H]1OO2)OO. The zero-order valence-electron chi connectivity index (χ0n) is 15.4. The van der Waals surface area contributed by atoms with Crippen LogP contribution in [0.3, 0.4) is 0 Å². The molecule has 1 aliphatic heterocycles. The lowest BCUT2D eigenvalue weighted by Crippen LogP contribution is -2.29. The Hall–Kier alpha value is -0.950. The van der Waals surface area contributed by atoms with Crippen molar-refractivity contribution in [2.75, 3.05) is 7.11 Å². The van der Waals surface area contributed by atoms with Gasteiger partial charge in [-0.25, -0.2) is 14.7 Å². The van der Waals surface area contributed by atoms with Crippen molar-refractivity contribution in [1.82, 2.24) is 0 Å². The van der Waals surface area contributed by atoms with Crippen molar-refractivity contribution < 1.29 is 29.5 Å². The Morgan fingerprint density at radius 1 is 1.24 bits per heavy atom. The second kappa shape index (κ2) is 10.9. The van der Waals surface area contributed by atoms with E-state index in [-0.39, 0.29) is 30.2 Å². The van der Waals surface area contributed by atoms with E-state index in [9.17, 15) is 4.79 Å². The first-order valence-corrected chi connectivity index (χ1v) is 9.57. The molecule has 1 aliphatic carbocycles. The molecule has 1 saturated heterocycles. The van der Waals surface area contributed by atoms with Crippen molar-refractivity contribution in [2.24, 2.45) is 11.8 Å². The number of carbonyl (C=O) groups is 1. The first-order valence-electron chi connectivity index (χ1n) is 9.57. The highest BCUT2D eigenvalue weighted by Gasteiger charge is 2.49. The Kier molecular flexibility index (Phi) is 8.89. The molecule has 2 rings (SSSR count). The highest BCUT2D eigenvalue weighted by Crippen LogP contribution is 2.45. The van der Waals surface area contributed by atoms with Crippen LogP contribution in [0, 0.1) is 11.8 Å². The molecule has 6 nitrogen and oxygen atoms in total. The fourth-order valence-electron chi connectivity index (χ4n) is 3.87. The van der Waals surface area contributed by atoms with Gasteiger partial charge in [0.25, 0.3) is 0 Å². The number of unbranched alkanes of at least 4 members (excludes halogenated alkanes) is 3.